The number of thiol groups is 1. The molecule has 4 atom stereocenters. The summed E-state index contributed by atoms with van der Waals surface area (Å²) in [6, 6.07) is 11.1. The number of primary amides is 2. The molecule has 9 N–H and O–H groups in total. The average molecular weight is 1300 g/mol. The van der Waals surface area contributed by atoms with Gasteiger partial charge in [-0.2, -0.15) is 12.6 Å². The maximum Gasteiger partial charge on any atom is 0.416 e. The average Bonchev–Trinajstić information content (AvgIpc) is 1.56. The van der Waals surface area contributed by atoms with E-state index in [0.717, 1.165) is 53.6 Å². The van der Waals surface area contributed by atoms with Gasteiger partial charge in [0.25, 0.3) is 5.91 Å². The van der Waals surface area contributed by atoms with Crippen LogP contribution in [0, 0.1) is 6.92 Å². The molecule has 9 amide bonds. The first kappa shape index (κ1) is 77.8. The number of aliphatic hydroxyl groups excluding tert-OH is 1. The number of nitrogens with two attached hydrogens (primary N) is 2. The molecule has 506 valence electrons. The molecule has 92 heavy (non-hydrogen) atoms. The molecule has 0 aromatic heterocycles. The largest absolute Gasteiger partial charge is 0.493 e. The normalized spacial score (nSPS) is 17.0. The number of carbonyl (C=O) groups is 9. The van der Waals surface area contributed by atoms with Crippen LogP contribution >= 0.6 is 12.6 Å². The van der Waals surface area contributed by atoms with Crippen LogP contribution in [-0.4, -0.2) is 159 Å². The SMILES string of the molecule is C=C1CC2C(O)N(C(=O)OCc3ccc(NC(=O)C(CCC)NC(=O)CNC)cc3)c3cc(OCCCCCOc4cc(N=CC5(NC=O)CC(=C)C5)c(C)cc4OC)c(OC)cc3C(=O)N2C1.CC.CCC.NC(N)=O.O=CCCCCCN1C(=O)CC(S)C1=O. The van der Waals surface area contributed by atoms with Crippen LogP contribution in [0.3, 0.4) is 0 Å². The van der Waals surface area contributed by atoms with E-state index < -0.39 is 47.1 Å². The summed E-state index contributed by atoms with van der Waals surface area (Å²) in [4.78, 5) is 115. The number of fused-ring (bicyclic) bond motifs is 2. The fourth-order valence-electron chi connectivity index (χ4n) is 10.0. The molecule has 0 bridgehead atoms. The van der Waals surface area contributed by atoms with E-state index in [1.54, 1.807) is 44.6 Å². The summed E-state index contributed by atoms with van der Waals surface area (Å²) in [6.07, 6.45) is 10.2. The van der Waals surface area contributed by atoms with E-state index >= 15 is 0 Å². The van der Waals surface area contributed by atoms with Gasteiger partial charge in [-0.05, 0) is 107 Å². The number of benzene rings is 3. The fourth-order valence-corrected chi connectivity index (χ4v) is 10.3. The lowest BCUT2D eigenvalue weighted by Crippen LogP contribution is -2.52. The quantitative estimate of drug-likeness (QED) is 0.00812. The van der Waals surface area contributed by atoms with Gasteiger partial charge in [-0.15, -0.1) is 0 Å². The number of hydrogen-bond donors (Lipinski definition) is 8. The number of hydrogen-bond acceptors (Lipinski definition) is 18. The smallest absolute Gasteiger partial charge is 0.416 e. The van der Waals surface area contributed by atoms with Crippen LogP contribution in [0.5, 0.6) is 23.0 Å². The van der Waals surface area contributed by atoms with Crippen molar-refractivity contribution in [2.24, 2.45) is 16.5 Å². The molecule has 3 aliphatic heterocycles. The molecule has 1 saturated carbocycles. The summed E-state index contributed by atoms with van der Waals surface area (Å²) in [5, 5.41) is 22.6. The second kappa shape index (κ2) is 40.4. The van der Waals surface area contributed by atoms with Crippen molar-refractivity contribution in [3.05, 3.63) is 89.5 Å². The van der Waals surface area contributed by atoms with E-state index in [4.69, 9.17) is 28.5 Å². The van der Waals surface area contributed by atoms with Crippen LogP contribution in [0.2, 0.25) is 0 Å². The second-order valence-electron chi connectivity index (χ2n) is 22.0. The predicted octanol–water partition coefficient (Wildman–Crippen LogP) is 8.14. The van der Waals surface area contributed by atoms with E-state index in [-0.39, 0.29) is 85.5 Å². The maximum atomic E-state index is 14.1. The van der Waals surface area contributed by atoms with Crippen molar-refractivity contribution in [2.45, 2.75) is 167 Å². The second-order valence-corrected chi connectivity index (χ2v) is 22.6. The van der Waals surface area contributed by atoms with E-state index in [1.165, 1.54) is 35.5 Å². The highest BCUT2D eigenvalue weighted by Gasteiger charge is 2.46. The zero-order valence-corrected chi connectivity index (χ0v) is 55.7. The molecule has 4 aliphatic rings. The molecular formula is C66H96N10O15S. The molecule has 3 aromatic carbocycles. The Morgan fingerprint density at radius 2 is 1.47 bits per heavy atom. The fraction of sp³-hybridized carbons (Fsp3) is 0.515. The minimum Gasteiger partial charge on any atom is -0.493 e. The summed E-state index contributed by atoms with van der Waals surface area (Å²) in [6.45, 7) is 21.4. The predicted molar refractivity (Wildman–Crippen MR) is 357 cm³/mol. The highest BCUT2D eigenvalue weighted by Crippen LogP contribution is 2.43. The number of nitrogens with zero attached hydrogens (tertiary/aromatic N) is 4. The van der Waals surface area contributed by atoms with Crippen LogP contribution in [0.4, 0.5) is 26.7 Å². The van der Waals surface area contributed by atoms with E-state index in [0.29, 0.717) is 92.9 Å². The topological polar surface area (TPSA) is 342 Å². The summed E-state index contributed by atoms with van der Waals surface area (Å²) in [7, 11) is 4.68. The number of aliphatic hydroxyl groups is 1. The minimum absolute atomic E-state index is 0.0856. The van der Waals surface area contributed by atoms with Crippen molar-refractivity contribution in [1.82, 2.24) is 25.8 Å². The first-order chi connectivity index (χ1) is 44.0. The van der Waals surface area contributed by atoms with E-state index in [1.807, 2.05) is 39.8 Å². The van der Waals surface area contributed by atoms with Crippen molar-refractivity contribution < 1.29 is 71.9 Å². The van der Waals surface area contributed by atoms with E-state index in [9.17, 15) is 43.5 Å². The summed E-state index contributed by atoms with van der Waals surface area (Å²) >= 11 is 4.03. The Balaban J connectivity index is 0.000000776. The third-order valence-corrected chi connectivity index (χ3v) is 14.8. The van der Waals surface area contributed by atoms with Crippen molar-refractivity contribution in [1.29, 1.82) is 0 Å². The Morgan fingerprint density at radius 3 is 2.02 bits per heavy atom. The number of anilines is 2. The Labute approximate surface area is 546 Å². The van der Waals surface area contributed by atoms with Gasteiger partial charge in [-0.1, -0.05) is 90.3 Å². The van der Waals surface area contributed by atoms with Crippen molar-refractivity contribution >= 4 is 90.3 Å². The number of methoxy groups -OCH3 is 2. The zero-order chi connectivity index (χ0) is 68.5. The Hall–Kier alpha value is -8.49. The molecule has 7 rings (SSSR count). The summed E-state index contributed by atoms with van der Waals surface area (Å²) < 4.78 is 29.4. The lowest BCUT2D eigenvalue weighted by molar-refractivity contribution is -0.138. The zero-order valence-electron chi connectivity index (χ0n) is 54.8. The number of unbranched alkanes of at least 4 members (excludes halogenated alkanes) is 5. The molecule has 0 spiro atoms. The lowest BCUT2D eigenvalue weighted by Gasteiger charge is -2.39. The van der Waals surface area contributed by atoms with Crippen molar-refractivity contribution in [3.63, 3.8) is 0 Å². The van der Waals surface area contributed by atoms with Gasteiger partial charge >= 0.3 is 12.1 Å². The first-order valence-corrected chi connectivity index (χ1v) is 31.6. The van der Waals surface area contributed by atoms with Crippen molar-refractivity contribution in [3.8, 4) is 23.0 Å². The van der Waals surface area contributed by atoms with Crippen LogP contribution < -0.4 is 56.6 Å². The molecule has 26 heteroatoms. The molecular weight excluding hydrogens is 1200 g/mol. The van der Waals surface area contributed by atoms with Crippen LogP contribution in [0.15, 0.2) is 77.8 Å². The number of urea groups is 1. The number of amides is 9. The molecule has 3 fully saturated rings. The van der Waals surface area contributed by atoms with Gasteiger partial charge in [-0.3, -0.25) is 38.7 Å². The molecule has 1 aliphatic carbocycles. The van der Waals surface area contributed by atoms with Crippen LogP contribution in [0.25, 0.3) is 0 Å². The Bertz CT molecular complexity index is 3000. The number of nitrogens with one attached hydrogen (secondary N) is 4. The van der Waals surface area contributed by atoms with E-state index in [2.05, 4.69) is 77.4 Å². The third-order valence-electron chi connectivity index (χ3n) is 14.4. The molecule has 0 radical (unpaired) electrons. The van der Waals surface area contributed by atoms with Crippen molar-refractivity contribution in [2.75, 3.05) is 64.3 Å². The number of aliphatic imine (C=N–C) groups is 1. The molecule has 4 unspecified atom stereocenters. The number of aldehydes is 1. The minimum atomic E-state index is -1.48. The Morgan fingerprint density at radius 1 is 0.859 bits per heavy atom. The molecule has 3 aromatic rings. The Kier molecular flexibility index (Phi) is 34.1. The lowest BCUT2D eigenvalue weighted by atomic mass is 9.74. The van der Waals surface area contributed by atoms with Gasteiger partial charge in [-0.25, -0.2) is 14.5 Å². The van der Waals surface area contributed by atoms with Gasteiger partial charge in [0, 0.05) is 50.0 Å². The number of likely N-dealkylation sites (tertiary alicyclic amines) is 1. The summed E-state index contributed by atoms with van der Waals surface area (Å²) in [5.41, 5.74) is 12.6. The maximum absolute atomic E-state index is 14.1. The van der Waals surface area contributed by atoms with Gasteiger partial charge in [0.15, 0.2) is 29.2 Å². The van der Waals surface area contributed by atoms with Gasteiger partial charge in [0.2, 0.25) is 30.0 Å². The number of aryl methyl sites for hydroxylation is 1. The first-order valence-electron chi connectivity index (χ1n) is 31.1. The monoisotopic (exact) mass is 1300 g/mol. The molecule has 3 heterocycles. The number of likely N-dealkylation sites (N-methyl/N-ethyl adjacent to an activating group) is 1. The third kappa shape index (κ3) is 23.6. The number of carbonyl (C=O) groups excluding carboxylic acids is 9. The number of ether oxygens (including phenoxy) is 5. The van der Waals surface area contributed by atoms with Crippen LogP contribution in [-0.2, 0) is 40.1 Å². The number of imide groups is 1. The molecule has 2 saturated heterocycles. The molecule has 25 nitrogen and oxygen atoms in total. The summed E-state index contributed by atoms with van der Waals surface area (Å²) in [5.74, 6) is 0.292. The highest BCUT2D eigenvalue weighted by atomic mass is 32.1. The van der Waals surface area contributed by atoms with Gasteiger partial charge in [0.05, 0.1) is 67.7 Å². The number of rotatable bonds is 29. The van der Waals surface area contributed by atoms with Gasteiger partial charge in [0.1, 0.15) is 18.9 Å². The standard InChI is InChI=1S/C50H63N7O11.C10H15NO3S.C3H8.C2H6.CH4N2O/c1-8-12-37(55-45(59)26-51-5)46(60)54-35-15-13-34(14-16-35)28-68-49(63)57-39-23-44(42(65-7)21-36(39)47(61)56-27-31(2)19-40(56)48(57)62)67-18-11-9-10-17-66-43-22-38(33(4)20-41(43)64-6)52-29-50(53-30-58)24-32(3)25-50;12-6-4-2-1-3-5-11-9(13)7-8(15)10(11)14;1-3-2;1-2;2-1(3)4/h13-16,20-23,29-30,37,40,48,51,62H,2-3,8-12,17-19,24-28H2,1,4-7H3,(H,53,58)(H,54,60)(H,55,59);6,8,15H,1-5,7H2;3H2,1-2H3;1-2H3;(H4,2,3,4). The van der Waals surface area contributed by atoms with Gasteiger partial charge < -0.3 is 71.2 Å². The highest BCUT2D eigenvalue weighted by molar-refractivity contribution is 7.81. The van der Waals surface area contributed by atoms with Crippen LogP contribution in [0.1, 0.15) is 146 Å².